The number of aromatic hydroxyl groups is 1. The monoisotopic (exact) mass is 624 g/mol. The average molecular weight is 625 g/mol. The Labute approximate surface area is 246 Å². The van der Waals surface area contributed by atoms with Gasteiger partial charge in [-0.25, -0.2) is 9.59 Å². The third kappa shape index (κ3) is 7.82. The number of nitrogens with two attached hydrogens (primary N) is 1. The molecule has 0 bridgehead atoms. The van der Waals surface area contributed by atoms with Crippen molar-refractivity contribution in [3.05, 3.63) is 56.6 Å². The molecule has 0 radical (unpaired) electrons. The van der Waals surface area contributed by atoms with Crippen LogP contribution in [0.1, 0.15) is 43.2 Å². The lowest BCUT2D eigenvalue weighted by Gasteiger charge is -2.30. The van der Waals surface area contributed by atoms with E-state index < -0.39 is 102 Å². The second-order valence-corrected chi connectivity index (χ2v) is 10.1. The molecule has 9 atom stereocenters. The molecular weight excluding hydrogens is 592 g/mol. The van der Waals surface area contributed by atoms with E-state index in [1.807, 2.05) is 4.98 Å². The number of aliphatic hydroxyl groups is 3. The van der Waals surface area contributed by atoms with Crippen LogP contribution in [0.2, 0.25) is 0 Å². The Kier molecular flexibility index (Phi) is 10.9. The van der Waals surface area contributed by atoms with Crippen molar-refractivity contribution in [2.24, 2.45) is 11.7 Å². The lowest BCUT2D eigenvalue weighted by Crippen LogP contribution is -2.61. The minimum Gasteiger partial charge on any atom is -0.506 e. The van der Waals surface area contributed by atoms with Crippen LogP contribution in [-0.4, -0.2) is 106 Å². The fourth-order valence-corrected chi connectivity index (χ4v) is 4.48. The number of carbonyl (C=O) groups excluding carboxylic acids is 2. The zero-order valence-corrected chi connectivity index (χ0v) is 23.0. The predicted molar refractivity (Wildman–Crippen MR) is 144 cm³/mol. The maximum Gasteiger partial charge on any atom is 0.326 e. The number of H-pyrrole nitrogens is 2. The number of nitrogens with one attached hydrogen (secondary N) is 4. The quantitative estimate of drug-likeness (QED) is 0.101. The summed E-state index contributed by atoms with van der Waals surface area (Å²) in [6, 6.07) is -2.81. The van der Waals surface area contributed by atoms with Crippen molar-refractivity contribution in [2.45, 2.75) is 68.4 Å². The Bertz CT molecular complexity index is 1480. The molecule has 0 unspecified atom stereocenters. The van der Waals surface area contributed by atoms with Crippen LogP contribution >= 0.6 is 0 Å². The maximum absolute atomic E-state index is 13.4. The summed E-state index contributed by atoms with van der Waals surface area (Å²) >= 11 is 0. The van der Waals surface area contributed by atoms with E-state index in [1.54, 1.807) is 0 Å². The summed E-state index contributed by atoms with van der Waals surface area (Å²) in [6.07, 6.45) is -8.06. The summed E-state index contributed by atoms with van der Waals surface area (Å²) < 4.78 is 5.60. The van der Waals surface area contributed by atoms with Gasteiger partial charge in [0.05, 0.1) is 23.5 Å². The van der Waals surface area contributed by atoms with Crippen molar-refractivity contribution in [3.63, 3.8) is 0 Å². The lowest BCUT2D eigenvalue weighted by molar-refractivity contribution is -0.145. The van der Waals surface area contributed by atoms with Crippen molar-refractivity contribution in [1.29, 1.82) is 0 Å². The predicted octanol–water partition coefficient (Wildman–Crippen LogP) is -4.06. The second-order valence-electron chi connectivity index (χ2n) is 10.1. The summed E-state index contributed by atoms with van der Waals surface area (Å²) in [6.45, 7) is 1.37. The molecule has 0 saturated carbocycles. The van der Waals surface area contributed by atoms with E-state index in [2.05, 4.69) is 20.6 Å². The van der Waals surface area contributed by atoms with Crippen LogP contribution in [0.25, 0.3) is 0 Å². The molecule has 19 heteroatoms. The van der Waals surface area contributed by atoms with Gasteiger partial charge in [-0.1, -0.05) is 6.92 Å². The Morgan fingerprint density at radius 1 is 1.09 bits per heavy atom. The summed E-state index contributed by atoms with van der Waals surface area (Å²) in [5.41, 5.74) is 3.85. The van der Waals surface area contributed by atoms with E-state index in [9.17, 15) is 54.3 Å². The molecular formula is C25H32N6O13. The van der Waals surface area contributed by atoms with Gasteiger partial charge in [-0.2, -0.15) is 0 Å². The summed E-state index contributed by atoms with van der Waals surface area (Å²) in [5, 5.41) is 64.3. The largest absolute Gasteiger partial charge is 0.506 e. The van der Waals surface area contributed by atoms with E-state index >= 15 is 0 Å². The number of rotatable bonds is 13. The minimum atomic E-state index is -1.99. The number of hydrogen-bond acceptors (Lipinski definition) is 13. The molecule has 19 nitrogen and oxygen atoms in total. The first-order valence-electron chi connectivity index (χ1n) is 13.1. The van der Waals surface area contributed by atoms with E-state index in [-0.39, 0.29) is 17.0 Å². The van der Waals surface area contributed by atoms with E-state index in [0.717, 1.165) is 12.4 Å². The molecule has 2 amide bonds. The van der Waals surface area contributed by atoms with Gasteiger partial charge in [0.1, 0.15) is 48.4 Å². The van der Waals surface area contributed by atoms with Gasteiger partial charge >= 0.3 is 17.6 Å². The van der Waals surface area contributed by atoms with Crippen molar-refractivity contribution in [1.82, 2.24) is 25.6 Å². The van der Waals surface area contributed by atoms with Gasteiger partial charge in [-0.3, -0.25) is 29.1 Å². The van der Waals surface area contributed by atoms with Gasteiger partial charge in [-0.15, -0.1) is 0 Å². The number of hydrogen-bond donors (Lipinski definition) is 11. The molecule has 0 spiro atoms. The number of aliphatic carboxylic acids is 2. The molecule has 3 heterocycles. The Hall–Kier alpha value is -4.69. The smallest absolute Gasteiger partial charge is 0.326 e. The van der Waals surface area contributed by atoms with E-state index in [4.69, 9.17) is 15.6 Å². The highest BCUT2D eigenvalue weighted by Crippen LogP contribution is 2.33. The molecule has 12 N–H and O–H groups in total. The van der Waals surface area contributed by atoms with E-state index in [0.29, 0.717) is 0 Å². The first-order chi connectivity index (χ1) is 20.6. The number of carboxylic acids is 2. The van der Waals surface area contributed by atoms with Gasteiger partial charge in [0, 0.05) is 18.5 Å². The normalized spacial score (nSPS) is 23.1. The first kappa shape index (κ1) is 33.8. The molecule has 0 aromatic carbocycles. The fourth-order valence-electron chi connectivity index (χ4n) is 4.48. The molecule has 0 aliphatic carbocycles. The maximum atomic E-state index is 13.4. The summed E-state index contributed by atoms with van der Waals surface area (Å²) in [7, 11) is 0. The van der Waals surface area contributed by atoms with Crippen molar-refractivity contribution in [3.8, 4) is 5.75 Å². The molecule has 2 aromatic rings. The summed E-state index contributed by atoms with van der Waals surface area (Å²) in [5.74, 6) is -6.64. The van der Waals surface area contributed by atoms with Crippen LogP contribution in [0.3, 0.4) is 0 Å². The highest BCUT2D eigenvalue weighted by molar-refractivity contribution is 5.92. The van der Waals surface area contributed by atoms with Crippen molar-refractivity contribution in [2.75, 3.05) is 0 Å². The standard InChI is InChI=1S/C25H32N6O13/c1-8(16(35)11-3-2-9(32)6-27-11)14(26)22(39)30-15(23(40)29-12(24(41)42)4-5-13(33)34)20-18(37)17(36)19(44-20)10-7-28-25(43)31-21(10)38/h2-3,6-8,12,14-20,32,35-37H,4-5,26H2,1H3,(H,29,40)(H,30,39)(H,33,34)(H,41,42)(H2,28,31,38,43)/t8-,12-,14-,15-,16-,17-,18+,19-,20+/m1/s1. The number of carboxylic acid groups (broad SMARTS) is 2. The topological polar surface area (TPSA) is 328 Å². The highest BCUT2D eigenvalue weighted by Gasteiger charge is 2.51. The second kappa shape index (κ2) is 14.2. The Morgan fingerprint density at radius 2 is 1.77 bits per heavy atom. The van der Waals surface area contributed by atoms with Gasteiger partial charge in [0.2, 0.25) is 11.8 Å². The number of aromatic amines is 2. The number of aliphatic hydroxyl groups excluding tert-OH is 3. The van der Waals surface area contributed by atoms with Gasteiger partial charge in [-0.05, 0) is 18.6 Å². The van der Waals surface area contributed by atoms with Crippen molar-refractivity contribution < 1.29 is 54.6 Å². The number of nitrogens with zero attached hydrogens (tertiary/aromatic N) is 1. The number of pyridine rings is 1. The lowest BCUT2D eigenvalue weighted by atomic mass is 9.92. The Morgan fingerprint density at radius 3 is 2.34 bits per heavy atom. The highest BCUT2D eigenvalue weighted by atomic mass is 16.5. The number of carbonyl (C=O) groups is 4. The molecule has 1 saturated heterocycles. The fraction of sp³-hybridized carbons (Fsp3) is 0.480. The van der Waals surface area contributed by atoms with Gasteiger partial charge in [0.15, 0.2) is 0 Å². The Balaban J connectivity index is 1.91. The molecule has 1 aliphatic heterocycles. The molecule has 2 aromatic heterocycles. The van der Waals surface area contributed by atoms with Crippen LogP contribution in [0.4, 0.5) is 0 Å². The van der Waals surface area contributed by atoms with Crippen molar-refractivity contribution >= 4 is 23.8 Å². The molecule has 1 fully saturated rings. The molecule has 44 heavy (non-hydrogen) atoms. The molecule has 240 valence electrons. The number of ether oxygens (including phenoxy) is 1. The third-order valence-corrected chi connectivity index (χ3v) is 7.07. The van der Waals surface area contributed by atoms with Crippen LogP contribution in [0.15, 0.2) is 34.1 Å². The van der Waals surface area contributed by atoms with Crippen LogP contribution in [0.5, 0.6) is 5.75 Å². The molecule has 1 aliphatic rings. The van der Waals surface area contributed by atoms with Crippen LogP contribution in [0, 0.1) is 5.92 Å². The number of amides is 2. The van der Waals surface area contributed by atoms with Gasteiger partial charge in [0.25, 0.3) is 5.56 Å². The van der Waals surface area contributed by atoms with Crippen LogP contribution < -0.4 is 27.6 Å². The van der Waals surface area contributed by atoms with E-state index in [1.165, 1.54) is 19.1 Å². The summed E-state index contributed by atoms with van der Waals surface area (Å²) in [4.78, 5) is 80.9. The third-order valence-electron chi connectivity index (χ3n) is 7.07. The minimum absolute atomic E-state index is 0.0437. The number of aromatic nitrogens is 3. The van der Waals surface area contributed by atoms with Gasteiger partial charge < -0.3 is 56.7 Å². The SMILES string of the molecule is C[C@H]([C@@H](N)C(=O)N[C@@H](C(=O)N[C@H](CCC(=O)O)C(=O)O)[C@@H]1O[C@H](c2c[nH]c(=O)[nH]c2=O)[C@H](O)[C@@H]1O)[C@@H](O)c1ccc(O)cn1. The van der Waals surface area contributed by atoms with Crippen LogP contribution in [-0.2, 0) is 23.9 Å². The zero-order valence-electron chi connectivity index (χ0n) is 23.0. The zero-order chi connectivity index (χ0) is 32.9. The first-order valence-corrected chi connectivity index (χ1v) is 13.1. The average Bonchev–Trinajstić information content (AvgIpc) is 3.25. The molecule has 3 rings (SSSR count).